The Bertz CT molecular complexity index is 805. The Labute approximate surface area is 122 Å². The predicted octanol–water partition coefficient (Wildman–Crippen LogP) is 1.36. The summed E-state index contributed by atoms with van der Waals surface area (Å²) in [4.78, 5) is 16.7. The summed E-state index contributed by atoms with van der Waals surface area (Å²) in [5.74, 6) is 0.644. The van der Waals surface area contributed by atoms with Gasteiger partial charge in [0.15, 0.2) is 5.16 Å². The van der Waals surface area contributed by atoms with E-state index < -0.39 is 0 Å². The molecule has 0 atom stereocenters. The van der Waals surface area contributed by atoms with Crippen LogP contribution in [0.3, 0.4) is 0 Å². The van der Waals surface area contributed by atoms with Crippen LogP contribution in [-0.2, 0) is 12.3 Å². The average Bonchev–Trinajstić information content (AvgIpc) is 3.01. The topological polar surface area (TPSA) is 78.0 Å². The molecule has 0 unspecified atom stereocenters. The zero-order valence-corrected chi connectivity index (χ0v) is 12.6. The summed E-state index contributed by atoms with van der Waals surface area (Å²) < 4.78 is 3.31. The summed E-state index contributed by atoms with van der Waals surface area (Å²) in [6, 6.07) is 1.48. The Hall–Kier alpha value is -1.74. The van der Waals surface area contributed by atoms with E-state index in [0.29, 0.717) is 16.4 Å². The predicted molar refractivity (Wildman–Crippen MR) is 77.1 cm³/mol. The molecule has 3 aromatic heterocycles. The number of hydrogen-bond acceptors (Lipinski definition) is 7. The maximum atomic E-state index is 11.8. The van der Waals surface area contributed by atoms with Crippen LogP contribution >= 0.6 is 23.1 Å². The summed E-state index contributed by atoms with van der Waals surface area (Å²) in [6.45, 7) is 4.67. The van der Waals surface area contributed by atoms with Crippen molar-refractivity contribution in [3.05, 3.63) is 33.4 Å². The minimum atomic E-state index is -0.142. The Morgan fingerprint density at radius 1 is 1.45 bits per heavy atom. The molecule has 0 amide bonds. The van der Waals surface area contributed by atoms with E-state index in [9.17, 15) is 4.79 Å². The highest BCUT2D eigenvalue weighted by Gasteiger charge is 2.10. The number of rotatable bonds is 4. The smallest absolute Gasteiger partial charge is 0.275 e. The molecule has 0 N–H and O–H groups in total. The van der Waals surface area contributed by atoms with E-state index in [-0.39, 0.29) is 5.56 Å². The number of aromatic nitrogens is 6. The van der Waals surface area contributed by atoms with Crippen LogP contribution in [0.1, 0.15) is 17.6 Å². The molecule has 0 aromatic carbocycles. The number of fused-ring (bicyclic) bond motifs is 1. The molecular formula is C11H12N6OS2. The van der Waals surface area contributed by atoms with Crippen LogP contribution in [0, 0.1) is 6.92 Å². The van der Waals surface area contributed by atoms with Gasteiger partial charge in [-0.25, -0.2) is 4.98 Å². The van der Waals surface area contributed by atoms with Gasteiger partial charge >= 0.3 is 0 Å². The Kier molecular flexibility index (Phi) is 3.53. The molecule has 0 aliphatic carbocycles. The third-order valence-corrected chi connectivity index (χ3v) is 4.74. The Balaban J connectivity index is 1.85. The van der Waals surface area contributed by atoms with Crippen LogP contribution < -0.4 is 5.56 Å². The molecule has 0 aliphatic heterocycles. The third-order valence-electron chi connectivity index (χ3n) is 2.66. The quantitative estimate of drug-likeness (QED) is 0.677. The summed E-state index contributed by atoms with van der Waals surface area (Å²) in [5, 5.41) is 13.9. The summed E-state index contributed by atoms with van der Waals surface area (Å²) >= 11 is 2.97. The maximum absolute atomic E-state index is 11.8. The minimum Gasteiger partial charge on any atom is -0.309 e. The highest BCUT2D eigenvalue weighted by atomic mass is 32.2. The molecule has 3 aromatic rings. The fourth-order valence-electron chi connectivity index (χ4n) is 1.72. The SMILES string of the molecule is CCn1cnnc1SCc1nn2c(=O)cc(C)nc2s1. The van der Waals surface area contributed by atoms with Crippen LogP contribution in [0.2, 0.25) is 0 Å². The van der Waals surface area contributed by atoms with Gasteiger partial charge in [-0.15, -0.1) is 10.2 Å². The van der Waals surface area contributed by atoms with Crippen molar-refractivity contribution >= 4 is 28.1 Å². The zero-order chi connectivity index (χ0) is 14.1. The van der Waals surface area contributed by atoms with E-state index in [4.69, 9.17) is 0 Å². The van der Waals surface area contributed by atoms with Gasteiger partial charge in [0.05, 0.1) is 5.75 Å². The lowest BCUT2D eigenvalue weighted by Gasteiger charge is -1.99. The van der Waals surface area contributed by atoms with E-state index in [1.165, 1.54) is 21.9 Å². The molecule has 20 heavy (non-hydrogen) atoms. The molecule has 3 rings (SSSR count). The van der Waals surface area contributed by atoms with Gasteiger partial charge in [-0.2, -0.15) is 9.61 Å². The van der Waals surface area contributed by atoms with E-state index in [1.807, 2.05) is 11.5 Å². The molecule has 104 valence electrons. The zero-order valence-electron chi connectivity index (χ0n) is 11.0. The van der Waals surface area contributed by atoms with Crippen molar-refractivity contribution in [3.8, 4) is 0 Å². The van der Waals surface area contributed by atoms with Gasteiger partial charge in [0.25, 0.3) is 5.56 Å². The lowest BCUT2D eigenvalue weighted by molar-refractivity contribution is 0.681. The third kappa shape index (κ3) is 2.46. The lowest BCUT2D eigenvalue weighted by atomic mass is 10.5. The molecule has 9 heteroatoms. The first kappa shape index (κ1) is 13.3. The lowest BCUT2D eigenvalue weighted by Crippen LogP contribution is -2.14. The van der Waals surface area contributed by atoms with Gasteiger partial charge in [-0.05, 0) is 13.8 Å². The van der Waals surface area contributed by atoms with Crippen molar-refractivity contribution < 1.29 is 0 Å². The molecule has 0 saturated heterocycles. The number of hydrogen-bond donors (Lipinski definition) is 0. The summed E-state index contributed by atoms with van der Waals surface area (Å²) in [7, 11) is 0. The van der Waals surface area contributed by atoms with Gasteiger partial charge in [-0.3, -0.25) is 4.79 Å². The van der Waals surface area contributed by atoms with Gasteiger partial charge in [0, 0.05) is 18.3 Å². The van der Waals surface area contributed by atoms with Crippen molar-refractivity contribution in [2.75, 3.05) is 0 Å². The van der Waals surface area contributed by atoms with Crippen molar-refractivity contribution in [2.45, 2.75) is 31.3 Å². The average molecular weight is 308 g/mol. The fraction of sp³-hybridized carbons (Fsp3) is 0.364. The highest BCUT2D eigenvalue weighted by molar-refractivity contribution is 7.98. The van der Waals surface area contributed by atoms with Gasteiger partial charge in [0.1, 0.15) is 11.3 Å². The monoisotopic (exact) mass is 308 g/mol. The van der Waals surface area contributed by atoms with Gasteiger partial charge in [-0.1, -0.05) is 23.1 Å². The molecule has 0 aliphatic rings. The largest absolute Gasteiger partial charge is 0.309 e. The van der Waals surface area contributed by atoms with Crippen LogP contribution in [0.5, 0.6) is 0 Å². The molecule has 3 heterocycles. The van der Waals surface area contributed by atoms with Crippen LogP contribution in [0.15, 0.2) is 22.3 Å². The maximum Gasteiger partial charge on any atom is 0.275 e. The van der Waals surface area contributed by atoms with E-state index in [0.717, 1.165) is 16.7 Å². The second kappa shape index (κ2) is 5.33. The second-order valence-electron chi connectivity index (χ2n) is 4.11. The van der Waals surface area contributed by atoms with Crippen molar-refractivity contribution in [1.82, 2.24) is 29.4 Å². The van der Waals surface area contributed by atoms with Crippen molar-refractivity contribution in [2.24, 2.45) is 0 Å². The van der Waals surface area contributed by atoms with Crippen LogP contribution in [-0.4, -0.2) is 29.4 Å². The Morgan fingerprint density at radius 3 is 3.10 bits per heavy atom. The normalized spacial score (nSPS) is 11.3. The number of aryl methyl sites for hydroxylation is 2. The molecule has 7 nitrogen and oxygen atoms in total. The van der Waals surface area contributed by atoms with Crippen LogP contribution in [0.4, 0.5) is 0 Å². The molecule has 0 radical (unpaired) electrons. The molecule has 0 bridgehead atoms. The first-order valence-corrected chi connectivity index (χ1v) is 7.84. The highest BCUT2D eigenvalue weighted by Crippen LogP contribution is 2.23. The number of thioether (sulfide) groups is 1. The van der Waals surface area contributed by atoms with Crippen molar-refractivity contribution in [1.29, 1.82) is 0 Å². The summed E-state index contributed by atoms with van der Waals surface area (Å²) in [6.07, 6.45) is 1.70. The summed E-state index contributed by atoms with van der Waals surface area (Å²) in [5.41, 5.74) is 0.570. The first-order chi connectivity index (χ1) is 9.67. The second-order valence-corrected chi connectivity index (χ2v) is 6.10. The first-order valence-electron chi connectivity index (χ1n) is 6.04. The van der Waals surface area contributed by atoms with Gasteiger partial charge in [0.2, 0.25) is 4.96 Å². The Morgan fingerprint density at radius 2 is 2.30 bits per heavy atom. The van der Waals surface area contributed by atoms with E-state index in [1.54, 1.807) is 25.0 Å². The molecule has 0 saturated carbocycles. The van der Waals surface area contributed by atoms with E-state index >= 15 is 0 Å². The fourth-order valence-corrected chi connectivity index (χ4v) is 3.63. The minimum absolute atomic E-state index is 0.142. The molecule has 0 spiro atoms. The van der Waals surface area contributed by atoms with E-state index in [2.05, 4.69) is 20.3 Å². The molecular weight excluding hydrogens is 296 g/mol. The number of nitrogens with zero attached hydrogens (tertiary/aromatic N) is 6. The molecule has 0 fully saturated rings. The standard InChI is InChI=1S/C11H12N6OS2/c1-3-16-6-12-14-11(16)19-5-8-15-17-9(18)4-7(2)13-10(17)20-8/h4,6H,3,5H2,1-2H3. The van der Waals surface area contributed by atoms with Crippen molar-refractivity contribution in [3.63, 3.8) is 0 Å². The van der Waals surface area contributed by atoms with Crippen LogP contribution in [0.25, 0.3) is 4.96 Å². The van der Waals surface area contributed by atoms with Gasteiger partial charge < -0.3 is 4.57 Å².